The zero-order valence-corrected chi connectivity index (χ0v) is 10.6. The second-order valence-electron chi connectivity index (χ2n) is 4.45. The number of ether oxygens (including phenoxy) is 1. The van der Waals surface area contributed by atoms with E-state index in [2.05, 4.69) is 4.74 Å². The molecular weight excluding hydrogens is 333 g/mol. The summed E-state index contributed by atoms with van der Waals surface area (Å²) in [5.41, 5.74) is 0. The lowest BCUT2D eigenvalue weighted by atomic mass is 9.98. The minimum absolute atomic E-state index is 0.663. The van der Waals surface area contributed by atoms with Crippen molar-refractivity contribution in [3.8, 4) is 0 Å². The lowest BCUT2D eigenvalue weighted by molar-refractivity contribution is -0.481. The van der Waals surface area contributed by atoms with E-state index in [4.69, 9.17) is 0 Å². The molecule has 0 saturated carbocycles. The third-order valence-corrected chi connectivity index (χ3v) is 2.30. The average Bonchev–Trinajstić information content (AvgIpc) is 2.10. The molecule has 1 nitrogen and oxygen atoms in total. The largest absolute Gasteiger partial charge is 0.422 e. The highest BCUT2D eigenvalue weighted by Gasteiger charge is 2.80. The molecular formula is C9H9F11O. The van der Waals surface area contributed by atoms with Crippen LogP contribution in [-0.2, 0) is 4.74 Å². The van der Waals surface area contributed by atoms with E-state index in [1.54, 1.807) is 0 Å². The number of rotatable bonds is 6. The van der Waals surface area contributed by atoms with E-state index in [9.17, 15) is 48.3 Å². The molecule has 0 aromatic heterocycles. The summed E-state index contributed by atoms with van der Waals surface area (Å²) in [6, 6.07) is 0. The van der Waals surface area contributed by atoms with Crippen molar-refractivity contribution < 1.29 is 53.0 Å². The summed E-state index contributed by atoms with van der Waals surface area (Å²) < 4.78 is 143. The fourth-order valence-electron chi connectivity index (χ4n) is 0.978. The topological polar surface area (TPSA) is 9.23 Å². The van der Waals surface area contributed by atoms with Gasteiger partial charge >= 0.3 is 35.7 Å². The second kappa shape index (κ2) is 4.85. The standard InChI is InChI=1S/C9H9F11O/c1-4(10,11)7(16,17)8(18,5(2,12)13)21-9(19,20)6(3,14)15/h1-3H3. The molecule has 0 saturated heterocycles. The van der Waals surface area contributed by atoms with Crippen molar-refractivity contribution in [2.75, 3.05) is 0 Å². The van der Waals surface area contributed by atoms with Gasteiger partial charge in [0.1, 0.15) is 0 Å². The summed E-state index contributed by atoms with van der Waals surface area (Å²) in [7, 11) is 0. The first-order valence-electron chi connectivity index (χ1n) is 4.99. The van der Waals surface area contributed by atoms with E-state index in [1.165, 1.54) is 0 Å². The second-order valence-corrected chi connectivity index (χ2v) is 4.45. The zero-order chi connectivity index (χ0) is 17.7. The van der Waals surface area contributed by atoms with Crippen molar-refractivity contribution in [3.05, 3.63) is 0 Å². The predicted molar refractivity (Wildman–Crippen MR) is 46.7 cm³/mol. The van der Waals surface area contributed by atoms with Crippen LogP contribution in [0.15, 0.2) is 0 Å². The Balaban J connectivity index is 6.07. The molecule has 0 N–H and O–H groups in total. The van der Waals surface area contributed by atoms with Gasteiger partial charge in [0.25, 0.3) is 0 Å². The van der Waals surface area contributed by atoms with Gasteiger partial charge in [-0.25, -0.2) is 8.78 Å². The monoisotopic (exact) mass is 342 g/mol. The lowest BCUT2D eigenvalue weighted by Crippen LogP contribution is -2.67. The Kier molecular flexibility index (Phi) is 4.66. The molecule has 0 heterocycles. The van der Waals surface area contributed by atoms with Gasteiger partial charge in [-0.15, -0.1) is 0 Å². The number of halogens is 11. The van der Waals surface area contributed by atoms with Crippen molar-refractivity contribution in [3.63, 3.8) is 0 Å². The first kappa shape index (κ1) is 20.2. The maximum atomic E-state index is 13.6. The molecule has 0 aromatic carbocycles. The zero-order valence-electron chi connectivity index (χ0n) is 10.6. The molecule has 12 heteroatoms. The van der Waals surface area contributed by atoms with E-state index in [1.807, 2.05) is 0 Å². The van der Waals surface area contributed by atoms with Crippen molar-refractivity contribution in [2.24, 2.45) is 0 Å². The van der Waals surface area contributed by atoms with Gasteiger partial charge in [0.2, 0.25) is 0 Å². The van der Waals surface area contributed by atoms with Crippen LogP contribution in [0, 0.1) is 0 Å². The predicted octanol–water partition coefficient (Wildman–Crippen LogP) is 4.86. The van der Waals surface area contributed by atoms with Gasteiger partial charge in [-0.1, -0.05) is 0 Å². The van der Waals surface area contributed by atoms with Crippen LogP contribution in [0.3, 0.4) is 0 Å². The Hall–Kier alpha value is -0.810. The lowest BCUT2D eigenvalue weighted by Gasteiger charge is -2.41. The molecule has 0 amide bonds. The van der Waals surface area contributed by atoms with E-state index in [-0.39, 0.29) is 0 Å². The highest BCUT2D eigenvalue weighted by molar-refractivity contribution is 5.02. The van der Waals surface area contributed by atoms with Crippen LogP contribution in [0.25, 0.3) is 0 Å². The molecule has 128 valence electrons. The number of hydrogen-bond donors (Lipinski definition) is 0. The van der Waals surface area contributed by atoms with E-state index < -0.39 is 56.4 Å². The average molecular weight is 342 g/mol. The van der Waals surface area contributed by atoms with Crippen LogP contribution < -0.4 is 0 Å². The fourth-order valence-corrected chi connectivity index (χ4v) is 0.978. The van der Waals surface area contributed by atoms with Crippen LogP contribution in [0.5, 0.6) is 0 Å². The van der Waals surface area contributed by atoms with Crippen LogP contribution in [0.2, 0.25) is 0 Å². The summed E-state index contributed by atoms with van der Waals surface area (Å²) >= 11 is 0. The maximum Gasteiger partial charge on any atom is 0.422 e. The first-order chi connectivity index (χ1) is 8.71. The quantitative estimate of drug-likeness (QED) is 0.626. The van der Waals surface area contributed by atoms with E-state index in [0.717, 1.165) is 0 Å². The molecule has 1 atom stereocenters. The van der Waals surface area contributed by atoms with Gasteiger partial charge in [0, 0.05) is 20.8 Å². The third kappa shape index (κ3) is 3.34. The van der Waals surface area contributed by atoms with Crippen LogP contribution in [0.4, 0.5) is 48.3 Å². The SMILES string of the molecule is CC(F)(F)C(F)(F)OC(F)(C(C)(F)F)C(F)(F)C(C)(F)F. The summed E-state index contributed by atoms with van der Waals surface area (Å²) in [6.45, 7) is -2.22. The molecule has 0 rings (SSSR count). The molecule has 0 bridgehead atoms. The minimum atomic E-state index is -6.53. The smallest absolute Gasteiger partial charge is 0.267 e. The molecule has 0 aromatic rings. The Morgan fingerprint density at radius 3 is 1.05 bits per heavy atom. The molecule has 0 aliphatic rings. The summed E-state index contributed by atoms with van der Waals surface area (Å²) in [5, 5.41) is 0. The molecule has 0 fully saturated rings. The number of hydrogen-bond acceptors (Lipinski definition) is 1. The van der Waals surface area contributed by atoms with Gasteiger partial charge in [-0.05, 0) is 0 Å². The van der Waals surface area contributed by atoms with Gasteiger partial charge in [0.05, 0.1) is 0 Å². The van der Waals surface area contributed by atoms with E-state index in [0.29, 0.717) is 0 Å². The normalized spacial score (nSPS) is 18.6. The Labute approximate surface area is 111 Å². The summed E-state index contributed by atoms with van der Waals surface area (Å²) in [4.78, 5) is 0. The molecule has 1 unspecified atom stereocenters. The van der Waals surface area contributed by atoms with Crippen molar-refractivity contribution in [1.29, 1.82) is 0 Å². The summed E-state index contributed by atoms with van der Waals surface area (Å²) in [6.07, 6.45) is -6.20. The Morgan fingerprint density at radius 2 is 0.857 bits per heavy atom. The molecule has 0 aliphatic carbocycles. The van der Waals surface area contributed by atoms with Gasteiger partial charge < -0.3 is 0 Å². The van der Waals surface area contributed by atoms with Crippen molar-refractivity contribution in [1.82, 2.24) is 0 Å². The van der Waals surface area contributed by atoms with Gasteiger partial charge in [-0.2, -0.15) is 39.5 Å². The maximum absolute atomic E-state index is 13.6. The highest BCUT2D eigenvalue weighted by Crippen LogP contribution is 2.55. The fraction of sp³-hybridized carbons (Fsp3) is 1.00. The minimum Gasteiger partial charge on any atom is -0.267 e. The number of alkyl halides is 11. The van der Waals surface area contributed by atoms with Crippen molar-refractivity contribution in [2.45, 2.75) is 56.4 Å². The Morgan fingerprint density at radius 1 is 0.524 bits per heavy atom. The molecule has 0 radical (unpaired) electrons. The Bertz CT molecular complexity index is 375. The van der Waals surface area contributed by atoms with Gasteiger partial charge in [0.15, 0.2) is 0 Å². The van der Waals surface area contributed by atoms with E-state index >= 15 is 0 Å². The third-order valence-electron chi connectivity index (χ3n) is 2.30. The van der Waals surface area contributed by atoms with Gasteiger partial charge in [-0.3, -0.25) is 4.74 Å². The van der Waals surface area contributed by atoms with Crippen LogP contribution in [0.1, 0.15) is 20.8 Å². The van der Waals surface area contributed by atoms with Crippen LogP contribution in [-0.4, -0.2) is 35.7 Å². The molecule has 21 heavy (non-hydrogen) atoms. The summed E-state index contributed by atoms with van der Waals surface area (Å²) in [5.74, 6) is -29.6. The highest BCUT2D eigenvalue weighted by atomic mass is 19.3. The van der Waals surface area contributed by atoms with Crippen molar-refractivity contribution >= 4 is 0 Å². The molecule has 0 aliphatic heterocycles. The first-order valence-corrected chi connectivity index (χ1v) is 4.99. The van der Waals surface area contributed by atoms with Crippen LogP contribution >= 0.6 is 0 Å². The molecule has 0 spiro atoms.